The number of benzene rings is 3. The maximum Gasteiger partial charge on any atom is 0.269 e. The highest BCUT2D eigenvalue weighted by atomic mass is 35.5. The Kier molecular flexibility index (Phi) is 5.55. The smallest absolute Gasteiger partial charge is 0.269 e. The highest BCUT2D eigenvalue weighted by Gasteiger charge is 2.22. The molecule has 1 heterocycles. The summed E-state index contributed by atoms with van der Waals surface area (Å²) in [5.41, 5.74) is 0.890. The Labute approximate surface area is 181 Å². The number of carbonyl (C=O) groups is 2. The summed E-state index contributed by atoms with van der Waals surface area (Å²) >= 11 is 5.91. The fourth-order valence-corrected chi connectivity index (χ4v) is 3.19. The van der Waals surface area contributed by atoms with Crippen LogP contribution >= 0.6 is 11.6 Å². The molecule has 156 valence electrons. The van der Waals surface area contributed by atoms with Crippen LogP contribution in [0.5, 0.6) is 11.5 Å². The van der Waals surface area contributed by atoms with Gasteiger partial charge in [0.15, 0.2) is 17.3 Å². The van der Waals surface area contributed by atoms with Crippen molar-refractivity contribution in [1.29, 1.82) is 0 Å². The Morgan fingerprint density at radius 3 is 2.10 bits per heavy atom. The zero-order valence-electron chi connectivity index (χ0n) is 16.0. The number of hydrogen-bond acceptors (Lipinski definition) is 6. The van der Waals surface area contributed by atoms with Gasteiger partial charge in [0, 0.05) is 34.3 Å². The van der Waals surface area contributed by atoms with E-state index in [-0.39, 0.29) is 28.3 Å². The van der Waals surface area contributed by atoms with Gasteiger partial charge in [-0.2, -0.15) is 0 Å². The SMILES string of the molecule is O=C(Nc1cc2c(cc1C(=O)c1ccc(Cl)cc1)OCCO2)c1ccc([N+](=O)[O-])cc1. The Hall–Kier alpha value is -3.91. The van der Waals surface area contributed by atoms with E-state index in [2.05, 4.69) is 5.32 Å². The molecule has 0 aromatic heterocycles. The van der Waals surface area contributed by atoms with Crippen molar-refractivity contribution in [3.63, 3.8) is 0 Å². The number of ketones is 1. The molecule has 1 amide bonds. The summed E-state index contributed by atoms with van der Waals surface area (Å²) in [4.78, 5) is 36.1. The van der Waals surface area contributed by atoms with Crippen LogP contribution in [0.4, 0.5) is 11.4 Å². The molecule has 0 spiro atoms. The minimum Gasteiger partial charge on any atom is -0.486 e. The van der Waals surface area contributed by atoms with Gasteiger partial charge in [-0.25, -0.2) is 0 Å². The van der Waals surface area contributed by atoms with Gasteiger partial charge in [0.05, 0.1) is 16.2 Å². The highest BCUT2D eigenvalue weighted by molar-refractivity contribution is 6.30. The number of carbonyl (C=O) groups excluding carboxylic acids is 2. The summed E-state index contributed by atoms with van der Waals surface area (Å²) in [6, 6.07) is 14.6. The third-order valence-electron chi connectivity index (χ3n) is 4.62. The third-order valence-corrected chi connectivity index (χ3v) is 4.87. The minimum absolute atomic E-state index is 0.130. The lowest BCUT2D eigenvalue weighted by Crippen LogP contribution is -2.19. The average Bonchev–Trinajstić information content (AvgIpc) is 2.78. The van der Waals surface area contributed by atoms with E-state index >= 15 is 0 Å². The number of hydrogen-bond donors (Lipinski definition) is 1. The Morgan fingerprint density at radius 2 is 1.48 bits per heavy atom. The monoisotopic (exact) mass is 438 g/mol. The molecule has 4 rings (SSSR count). The zero-order valence-corrected chi connectivity index (χ0v) is 16.7. The van der Waals surface area contributed by atoms with E-state index in [9.17, 15) is 19.7 Å². The number of rotatable bonds is 5. The summed E-state index contributed by atoms with van der Waals surface area (Å²) in [5.74, 6) is -0.0702. The minimum atomic E-state index is -0.550. The molecule has 3 aromatic carbocycles. The molecular formula is C22H15ClN2O6. The molecule has 1 aliphatic rings. The Balaban J connectivity index is 1.69. The van der Waals surface area contributed by atoms with E-state index < -0.39 is 10.8 Å². The number of nitro groups is 1. The van der Waals surface area contributed by atoms with Crippen molar-refractivity contribution in [3.05, 3.63) is 92.5 Å². The van der Waals surface area contributed by atoms with E-state index in [1.807, 2.05) is 0 Å². The van der Waals surface area contributed by atoms with Crippen LogP contribution in [0, 0.1) is 10.1 Å². The molecule has 0 aliphatic carbocycles. The van der Waals surface area contributed by atoms with Crippen molar-refractivity contribution in [1.82, 2.24) is 0 Å². The molecule has 0 unspecified atom stereocenters. The predicted octanol–water partition coefficient (Wildman–Crippen LogP) is 4.50. The predicted molar refractivity (Wildman–Crippen MR) is 113 cm³/mol. The van der Waals surface area contributed by atoms with Gasteiger partial charge in [-0.05, 0) is 42.5 Å². The maximum atomic E-state index is 13.1. The number of amides is 1. The number of halogens is 1. The van der Waals surface area contributed by atoms with Crippen LogP contribution in [0.2, 0.25) is 5.02 Å². The molecule has 0 bridgehead atoms. The first-order chi connectivity index (χ1) is 14.9. The van der Waals surface area contributed by atoms with Crippen LogP contribution in [0.25, 0.3) is 0 Å². The lowest BCUT2D eigenvalue weighted by molar-refractivity contribution is -0.384. The van der Waals surface area contributed by atoms with Gasteiger partial charge in [-0.15, -0.1) is 0 Å². The average molecular weight is 439 g/mol. The van der Waals surface area contributed by atoms with Crippen molar-refractivity contribution in [2.24, 2.45) is 0 Å². The van der Waals surface area contributed by atoms with Crippen molar-refractivity contribution >= 4 is 34.7 Å². The summed E-state index contributed by atoms with van der Waals surface area (Å²) in [5, 5.41) is 14.0. The molecule has 0 saturated heterocycles. The first-order valence-corrected chi connectivity index (χ1v) is 9.60. The van der Waals surface area contributed by atoms with E-state index in [0.29, 0.717) is 35.3 Å². The molecule has 1 aliphatic heterocycles. The van der Waals surface area contributed by atoms with Crippen molar-refractivity contribution in [2.45, 2.75) is 0 Å². The Morgan fingerprint density at radius 1 is 0.903 bits per heavy atom. The molecule has 0 radical (unpaired) electrons. The van der Waals surface area contributed by atoms with Gasteiger partial charge in [0.2, 0.25) is 0 Å². The first kappa shape index (κ1) is 20.4. The summed E-state index contributed by atoms with van der Waals surface area (Å²) < 4.78 is 11.1. The number of anilines is 1. The number of fused-ring (bicyclic) bond motifs is 1. The van der Waals surface area contributed by atoms with Crippen LogP contribution in [0.15, 0.2) is 60.7 Å². The number of nitrogens with one attached hydrogen (secondary N) is 1. The van der Waals surface area contributed by atoms with Crippen molar-refractivity contribution < 1.29 is 24.0 Å². The Bertz CT molecular complexity index is 1180. The normalized spacial score (nSPS) is 12.2. The molecule has 0 saturated carbocycles. The van der Waals surface area contributed by atoms with E-state index in [0.717, 1.165) is 0 Å². The fourth-order valence-electron chi connectivity index (χ4n) is 3.07. The lowest BCUT2D eigenvalue weighted by atomic mass is 10.0. The van der Waals surface area contributed by atoms with Gasteiger partial charge in [0.1, 0.15) is 13.2 Å². The standard InChI is InChI=1S/C22H15ClN2O6/c23-15-5-1-13(2-6-15)21(26)17-11-19-20(31-10-9-30-19)12-18(17)24-22(27)14-3-7-16(8-4-14)25(28)29/h1-8,11-12H,9-10H2,(H,24,27). The summed E-state index contributed by atoms with van der Waals surface area (Å²) in [6.07, 6.45) is 0. The second-order valence-corrected chi connectivity index (χ2v) is 7.07. The second-order valence-electron chi connectivity index (χ2n) is 6.64. The number of nitrogens with zero attached hydrogens (tertiary/aromatic N) is 1. The van der Waals surface area contributed by atoms with Crippen LogP contribution in [-0.4, -0.2) is 29.8 Å². The first-order valence-electron chi connectivity index (χ1n) is 9.22. The van der Waals surface area contributed by atoms with E-state index in [1.54, 1.807) is 24.3 Å². The van der Waals surface area contributed by atoms with Gasteiger partial charge in [-0.1, -0.05) is 11.6 Å². The lowest BCUT2D eigenvalue weighted by Gasteiger charge is -2.21. The molecule has 3 aromatic rings. The summed E-state index contributed by atoms with van der Waals surface area (Å²) in [6.45, 7) is 0.684. The van der Waals surface area contributed by atoms with Crippen molar-refractivity contribution in [2.75, 3.05) is 18.5 Å². The van der Waals surface area contributed by atoms with Gasteiger partial charge in [0.25, 0.3) is 11.6 Å². The van der Waals surface area contributed by atoms with Gasteiger partial charge in [-0.3, -0.25) is 19.7 Å². The van der Waals surface area contributed by atoms with Crippen LogP contribution in [0.3, 0.4) is 0 Å². The topological polar surface area (TPSA) is 108 Å². The highest BCUT2D eigenvalue weighted by Crippen LogP contribution is 2.37. The molecule has 8 nitrogen and oxygen atoms in total. The largest absolute Gasteiger partial charge is 0.486 e. The molecule has 1 N–H and O–H groups in total. The van der Waals surface area contributed by atoms with Crippen LogP contribution < -0.4 is 14.8 Å². The molecule has 31 heavy (non-hydrogen) atoms. The second kappa shape index (κ2) is 8.45. The summed E-state index contributed by atoms with van der Waals surface area (Å²) in [7, 11) is 0. The molecule has 0 atom stereocenters. The number of nitro benzene ring substituents is 1. The van der Waals surface area contributed by atoms with E-state index in [4.69, 9.17) is 21.1 Å². The number of ether oxygens (including phenoxy) is 2. The van der Waals surface area contributed by atoms with Gasteiger partial charge < -0.3 is 14.8 Å². The number of non-ortho nitro benzene ring substituents is 1. The third kappa shape index (κ3) is 4.34. The van der Waals surface area contributed by atoms with Gasteiger partial charge >= 0.3 is 0 Å². The fraction of sp³-hybridized carbons (Fsp3) is 0.0909. The van der Waals surface area contributed by atoms with Crippen molar-refractivity contribution in [3.8, 4) is 11.5 Å². The zero-order chi connectivity index (χ0) is 22.0. The maximum absolute atomic E-state index is 13.1. The molecule has 9 heteroatoms. The molecular weight excluding hydrogens is 424 g/mol. The van der Waals surface area contributed by atoms with Crippen LogP contribution in [-0.2, 0) is 0 Å². The van der Waals surface area contributed by atoms with Crippen LogP contribution in [0.1, 0.15) is 26.3 Å². The van der Waals surface area contributed by atoms with E-state index in [1.165, 1.54) is 36.4 Å². The quantitative estimate of drug-likeness (QED) is 0.357. The molecule has 0 fully saturated rings.